The maximum Gasteiger partial charge on any atom is 0.318 e. The third-order valence-corrected chi connectivity index (χ3v) is 5.03. The van der Waals surface area contributed by atoms with E-state index in [0.717, 1.165) is 16.3 Å². The number of morpholine rings is 1. The van der Waals surface area contributed by atoms with E-state index in [0.29, 0.717) is 19.6 Å². The highest BCUT2D eigenvalue weighted by Gasteiger charge is 2.29. The topological polar surface area (TPSA) is 104 Å². The van der Waals surface area contributed by atoms with Crippen molar-refractivity contribution < 1.29 is 27.9 Å². The van der Waals surface area contributed by atoms with E-state index in [-0.39, 0.29) is 19.0 Å². The first-order valence-electron chi connectivity index (χ1n) is 6.79. The van der Waals surface area contributed by atoms with Gasteiger partial charge < -0.3 is 14.7 Å². The number of nitrogens with zero attached hydrogens (tertiary/aromatic N) is 2. The summed E-state index contributed by atoms with van der Waals surface area (Å²) >= 11 is 1.58. The number of rotatable bonds is 8. The van der Waals surface area contributed by atoms with Crippen LogP contribution in [-0.4, -0.2) is 91.8 Å². The van der Waals surface area contributed by atoms with E-state index in [1.54, 1.807) is 16.7 Å². The Hall–Kier alpha value is -0.840. The number of carbonyl (C=O) groups excluding carboxylic acids is 1. The lowest BCUT2D eigenvalue weighted by atomic mass is 10.2. The molecule has 0 unspecified atom stereocenters. The fraction of sp³-hybridized carbons (Fsp3) is 0.833. The molecular weight excluding hydrogens is 332 g/mol. The first-order valence-corrected chi connectivity index (χ1v) is 10.0. The molecule has 0 aromatic carbocycles. The van der Waals surface area contributed by atoms with Crippen LogP contribution in [0.1, 0.15) is 6.42 Å². The summed E-state index contributed by atoms with van der Waals surface area (Å²) < 4.78 is 29.6. The smallest absolute Gasteiger partial charge is 0.318 e. The Balaban J connectivity index is 2.63. The molecule has 1 saturated heterocycles. The fourth-order valence-corrected chi connectivity index (χ4v) is 3.26. The van der Waals surface area contributed by atoms with Crippen molar-refractivity contribution in [2.24, 2.45) is 0 Å². The number of sulfonamides is 1. The van der Waals surface area contributed by atoms with Crippen LogP contribution in [0, 0.1) is 0 Å². The third kappa shape index (κ3) is 6.51. The maximum absolute atomic E-state index is 12.0. The Morgan fingerprint density at radius 2 is 2.14 bits per heavy atom. The largest absolute Gasteiger partial charge is 0.480 e. The molecule has 1 aliphatic heterocycles. The minimum atomic E-state index is -3.65. The van der Waals surface area contributed by atoms with Gasteiger partial charge in [-0.25, -0.2) is 8.42 Å². The van der Waals surface area contributed by atoms with Crippen LogP contribution >= 0.6 is 11.8 Å². The molecule has 1 atom stereocenters. The predicted octanol–water partition coefficient (Wildman–Crippen LogP) is -0.687. The summed E-state index contributed by atoms with van der Waals surface area (Å²) in [7, 11) is -3.65. The van der Waals surface area contributed by atoms with Crippen LogP contribution in [0.2, 0.25) is 0 Å². The Bertz CT molecular complexity index is 496. The van der Waals surface area contributed by atoms with E-state index < -0.39 is 28.6 Å². The standard InChI is InChI=1S/C12H22N2O6S2/c1-21-6-3-11(15)13-4-5-20-10(7-13)8-14(9-12(16)17)22(2,18)19/h10H,3-9H2,1-2H3,(H,16,17)/t10-/m1/s1. The summed E-state index contributed by atoms with van der Waals surface area (Å²) in [4.78, 5) is 24.4. The number of amides is 1. The minimum Gasteiger partial charge on any atom is -0.480 e. The first kappa shape index (κ1) is 19.2. The highest BCUT2D eigenvalue weighted by atomic mass is 32.2. The summed E-state index contributed by atoms with van der Waals surface area (Å²) in [5.41, 5.74) is 0. The van der Waals surface area contributed by atoms with Crippen molar-refractivity contribution in [1.29, 1.82) is 0 Å². The normalized spacial score (nSPS) is 19.4. The van der Waals surface area contributed by atoms with Gasteiger partial charge in [-0.05, 0) is 6.26 Å². The van der Waals surface area contributed by atoms with Gasteiger partial charge in [0, 0.05) is 31.8 Å². The number of carbonyl (C=O) groups is 2. The van der Waals surface area contributed by atoms with Crippen molar-refractivity contribution in [3.63, 3.8) is 0 Å². The molecule has 10 heteroatoms. The number of hydrogen-bond acceptors (Lipinski definition) is 6. The van der Waals surface area contributed by atoms with Gasteiger partial charge in [-0.3, -0.25) is 9.59 Å². The predicted molar refractivity (Wildman–Crippen MR) is 83.4 cm³/mol. The molecule has 0 aromatic rings. The van der Waals surface area contributed by atoms with Gasteiger partial charge in [0.2, 0.25) is 15.9 Å². The lowest BCUT2D eigenvalue weighted by Crippen LogP contribution is -2.51. The number of carboxylic acids is 1. The average molecular weight is 354 g/mol. The van der Waals surface area contributed by atoms with E-state index in [1.165, 1.54) is 0 Å². The van der Waals surface area contributed by atoms with E-state index >= 15 is 0 Å². The SMILES string of the molecule is CSCCC(=O)N1CCO[C@@H](CN(CC(=O)O)S(C)(=O)=O)C1. The van der Waals surface area contributed by atoms with Gasteiger partial charge >= 0.3 is 5.97 Å². The lowest BCUT2D eigenvalue weighted by Gasteiger charge is -2.34. The third-order valence-electron chi connectivity index (χ3n) is 3.20. The van der Waals surface area contributed by atoms with E-state index in [4.69, 9.17) is 9.84 Å². The molecule has 128 valence electrons. The number of aliphatic carboxylic acids is 1. The zero-order valence-electron chi connectivity index (χ0n) is 12.7. The summed E-state index contributed by atoms with van der Waals surface area (Å²) in [6.45, 7) is 0.386. The molecule has 0 bridgehead atoms. The van der Waals surface area contributed by atoms with Gasteiger partial charge in [0.25, 0.3) is 0 Å². The van der Waals surface area contributed by atoms with Gasteiger partial charge in [0.05, 0.1) is 19.0 Å². The van der Waals surface area contributed by atoms with E-state index in [1.807, 2.05) is 6.26 Å². The first-order chi connectivity index (χ1) is 10.2. The van der Waals surface area contributed by atoms with Crippen LogP contribution in [0.15, 0.2) is 0 Å². The van der Waals surface area contributed by atoms with Crippen molar-refractivity contribution in [2.75, 3.05) is 51.1 Å². The van der Waals surface area contributed by atoms with Crippen LogP contribution in [0.4, 0.5) is 0 Å². The molecule has 8 nitrogen and oxygen atoms in total. The molecule has 0 aliphatic carbocycles. The minimum absolute atomic E-state index is 0.00629. The quantitative estimate of drug-likeness (QED) is 0.615. The molecule has 0 radical (unpaired) electrons. The van der Waals surface area contributed by atoms with Gasteiger partial charge in [-0.15, -0.1) is 0 Å². The highest BCUT2D eigenvalue weighted by molar-refractivity contribution is 7.98. The second-order valence-electron chi connectivity index (χ2n) is 5.02. The van der Waals surface area contributed by atoms with Gasteiger partial charge in [-0.2, -0.15) is 16.1 Å². The monoisotopic (exact) mass is 354 g/mol. The van der Waals surface area contributed by atoms with Crippen molar-refractivity contribution in [3.05, 3.63) is 0 Å². The van der Waals surface area contributed by atoms with Crippen molar-refractivity contribution in [3.8, 4) is 0 Å². The second-order valence-corrected chi connectivity index (χ2v) is 7.99. The molecule has 1 aliphatic rings. The fourth-order valence-electron chi connectivity index (χ4n) is 2.10. The molecule has 22 heavy (non-hydrogen) atoms. The maximum atomic E-state index is 12.0. The Morgan fingerprint density at radius 1 is 1.45 bits per heavy atom. The molecule has 0 saturated carbocycles. The summed E-state index contributed by atoms with van der Waals surface area (Å²) in [5, 5.41) is 8.80. The van der Waals surface area contributed by atoms with E-state index in [9.17, 15) is 18.0 Å². The lowest BCUT2D eigenvalue weighted by molar-refractivity contribution is -0.141. The Morgan fingerprint density at radius 3 is 2.68 bits per heavy atom. The summed E-state index contributed by atoms with van der Waals surface area (Å²) in [6.07, 6.45) is 2.80. The van der Waals surface area contributed by atoms with Crippen molar-refractivity contribution in [1.82, 2.24) is 9.21 Å². The van der Waals surface area contributed by atoms with Crippen LogP contribution < -0.4 is 0 Å². The molecular formula is C12H22N2O6S2. The summed E-state index contributed by atoms with van der Waals surface area (Å²) in [6, 6.07) is 0. The molecule has 1 heterocycles. The summed E-state index contributed by atoms with van der Waals surface area (Å²) in [5.74, 6) is -0.490. The average Bonchev–Trinajstić information content (AvgIpc) is 2.43. The molecule has 1 rings (SSSR count). The molecule has 1 amide bonds. The molecule has 0 aromatic heterocycles. The van der Waals surface area contributed by atoms with Gasteiger partial charge in [0.15, 0.2) is 0 Å². The molecule has 1 N–H and O–H groups in total. The van der Waals surface area contributed by atoms with E-state index in [2.05, 4.69) is 0 Å². The number of carboxylic acid groups (broad SMARTS) is 1. The van der Waals surface area contributed by atoms with Crippen molar-refractivity contribution in [2.45, 2.75) is 12.5 Å². The van der Waals surface area contributed by atoms with Crippen LogP contribution in [-0.2, 0) is 24.3 Å². The van der Waals surface area contributed by atoms with Crippen molar-refractivity contribution >= 4 is 33.7 Å². The zero-order chi connectivity index (χ0) is 16.8. The second kappa shape index (κ2) is 8.70. The van der Waals surface area contributed by atoms with Crippen LogP contribution in [0.5, 0.6) is 0 Å². The number of ether oxygens (including phenoxy) is 1. The Labute approximate surface area is 134 Å². The van der Waals surface area contributed by atoms with Gasteiger partial charge in [0.1, 0.15) is 6.54 Å². The molecule has 0 spiro atoms. The number of hydrogen-bond donors (Lipinski definition) is 1. The highest BCUT2D eigenvalue weighted by Crippen LogP contribution is 2.11. The molecule has 1 fully saturated rings. The zero-order valence-corrected chi connectivity index (χ0v) is 14.4. The van der Waals surface area contributed by atoms with Crippen LogP contribution in [0.3, 0.4) is 0 Å². The number of thioether (sulfide) groups is 1. The van der Waals surface area contributed by atoms with Crippen LogP contribution in [0.25, 0.3) is 0 Å². The Kier molecular flexibility index (Phi) is 7.60. The van der Waals surface area contributed by atoms with Gasteiger partial charge in [-0.1, -0.05) is 0 Å².